The van der Waals surface area contributed by atoms with E-state index in [1.165, 1.54) is 0 Å². The zero-order valence-corrected chi connectivity index (χ0v) is 6.23. The molecule has 1 aromatic rings. The van der Waals surface area contributed by atoms with Crippen LogP contribution in [0.25, 0.3) is 0 Å². The highest BCUT2D eigenvalue weighted by Crippen LogP contribution is 2.26. The zero-order valence-electron chi connectivity index (χ0n) is 6.23. The maximum Gasteiger partial charge on any atom is 0.345 e. The molecule has 0 amide bonds. The van der Waals surface area contributed by atoms with Crippen molar-refractivity contribution in [3.8, 4) is 5.75 Å². The number of pyridine rings is 1. The lowest BCUT2D eigenvalue weighted by Gasteiger charge is -2.02. The Kier molecular flexibility index (Phi) is 1.46. The van der Waals surface area contributed by atoms with Gasteiger partial charge in [0.05, 0.1) is 0 Å². The first-order chi connectivity index (χ1) is 5.77. The minimum absolute atomic E-state index is 0.415. The molecule has 0 radical (unpaired) electrons. The fourth-order valence-electron chi connectivity index (χ4n) is 1.22. The first kappa shape index (κ1) is 7.09. The van der Waals surface area contributed by atoms with Crippen LogP contribution >= 0.6 is 0 Å². The summed E-state index contributed by atoms with van der Waals surface area (Å²) in [4.78, 5) is 14.4. The molecular formula is C8H7NO3. The van der Waals surface area contributed by atoms with Gasteiger partial charge in [-0.1, -0.05) is 0 Å². The third-order valence-corrected chi connectivity index (χ3v) is 1.81. The van der Waals surface area contributed by atoms with Crippen LogP contribution in [0.15, 0.2) is 18.5 Å². The number of ether oxygens (including phenoxy) is 1. The summed E-state index contributed by atoms with van der Waals surface area (Å²) in [6.07, 6.45) is 2.91. The monoisotopic (exact) mass is 165 g/mol. The molecule has 0 saturated carbocycles. The quantitative estimate of drug-likeness (QED) is 0.657. The normalized spacial score (nSPS) is 19.8. The molecule has 1 atom stereocenters. The van der Waals surface area contributed by atoms with Gasteiger partial charge in [-0.2, -0.15) is 0 Å². The first-order valence-corrected chi connectivity index (χ1v) is 3.60. The van der Waals surface area contributed by atoms with Crippen molar-refractivity contribution in [2.75, 3.05) is 0 Å². The number of carboxylic acids is 1. The molecule has 0 fully saturated rings. The van der Waals surface area contributed by atoms with E-state index in [9.17, 15) is 4.79 Å². The molecule has 0 bridgehead atoms. The van der Waals surface area contributed by atoms with E-state index in [1.54, 1.807) is 18.5 Å². The number of aromatic nitrogens is 1. The van der Waals surface area contributed by atoms with Crippen LogP contribution in [-0.4, -0.2) is 22.2 Å². The van der Waals surface area contributed by atoms with Crippen molar-refractivity contribution < 1.29 is 14.6 Å². The van der Waals surface area contributed by atoms with Crippen molar-refractivity contribution in [2.24, 2.45) is 0 Å². The number of fused-ring (bicyclic) bond motifs is 1. The van der Waals surface area contributed by atoms with Gasteiger partial charge in [0.15, 0.2) is 6.10 Å². The van der Waals surface area contributed by atoms with Crippen molar-refractivity contribution in [1.82, 2.24) is 4.98 Å². The van der Waals surface area contributed by atoms with Crippen molar-refractivity contribution in [2.45, 2.75) is 12.5 Å². The van der Waals surface area contributed by atoms with Crippen LogP contribution in [0.2, 0.25) is 0 Å². The Labute approximate surface area is 68.8 Å². The zero-order chi connectivity index (χ0) is 8.55. The second-order valence-corrected chi connectivity index (χ2v) is 2.63. The lowest BCUT2D eigenvalue weighted by molar-refractivity contribution is -0.144. The highest BCUT2D eigenvalue weighted by molar-refractivity contribution is 5.74. The number of nitrogens with zero attached hydrogens (tertiary/aromatic N) is 1. The van der Waals surface area contributed by atoms with E-state index in [2.05, 4.69) is 4.98 Å². The van der Waals surface area contributed by atoms with Gasteiger partial charge in [0, 0.05) is 24.4 Å². The Morgan fingerprint density at radius 3 is 3.25 bits per heavy atom. The Hall–Kier alpha value is -1.58. The molecule has 12 heavy (non-hydrogen) atoms. The van der Waals surface area contributed by atoms with E-state index in [1.807, 2.05) is 0 Å². The molecule has 4 nitrogen and oxygen atoms in total. The summed E-state index contributed by atoms with van der Waals surface area (Å²) in [6.45, 7) is 0. The molecule has 1 aliphatic rings. The number of carboxylic acid groups (broad SMARTS) is 1. The van der Waals surface area contributed by atoms with E-state index < -0.39 is 12.1 Å². The van der Waals surface area contributed by atoms with Gasteiger partial charge in [-0.05, 0) is 6.07 Å². The van der Waals surface area contributed by atoms with E-state index in [-0.39, 0.29) is 0 Å². The van der Waals surface area contributed by atoms with E-state index in [0.717, 1.165) is 5.56 Å². The third-order valence-electron chi connectivity index (χ3n) is 1.81. The molecule has 1 aromatic heterocycles. The van der Waals surface area contributed by atoms with Crippen molar-refractivity contribution >= 4 is 5.97 Å². The van der Waals surface area contributed by atoms with Crippen LogP contribution in [0.3, 0.4) is 0 Å². The van der Waals surface area contributed by atoms with Gasteiger partial charge >= 0.3 is 5.97 Å². The Balaban J connectivity index is 2.27. The second-order valence-electron chi connectivity index (χ2n) is 2.63. The standard InChI is InChI=1S/C8H7NO3/c10-8(11)7-3-5-4-9-2-1-6(5)12-7/h1-2,4,7H,3H2,(H,10,11). The molecule has 1 unspecified atom stereocenters. The van der Waals surface area contributed by atoms with E-state index in [4.69, 9.17) is 9.84 Å². The number of hydrogen-bond donors (Lipinski definition) is 1. The summed E-state index contributed by atoms with van der Waals surface area (Å²) in [5.41, 5.74) is 0.866. The predicted octanol–water partition coefficient (Wildman–Crippen LogP) is 0.470. The number of rotatable bonds is 1. The highest BCUT2D eigenvalue weighted by atomic mass is 16.5. The average molecular weight is 165 g/mol. The molecule has 2 rings (SSSR count). The van der Waals surface area contributed by atoms with Gasteiger partial charge in [-0.15, -0.1) is 0 Å². The molecule has 0 saturated heterocycles. The summed E-state index contributed by atoms with van der Waals surface area (Å²) in [6, 6.07) is 1.68. The fraction of sp³-hybridized carbons (Fsp3) is 0.250. The molecular weight excluding hydrogens is 158 g/mol. The van der Waals surface area contributed by atoms with Crippen LogP contribution in [0, 0.1) is 0 Å². The predicted molar refractivity (Wildman–Crippen MR) is 40.0 cm³/mol. The molecule has 0 spiro atoms. The third kappa shape index (κ3) is 1.01. The van der Waals surface area contributed by atoms with Gasteiger partial charge < -0.3 is 9.84 Å². The number of hydrogen-bond acceptors (Lipinski definition) is 3. The van der Waals surface area contributed by atoms with Crippen LogP contribution in [0.1, 0.15) is 5.56 Å². The minimum Gasteiger partial charge on any atom is -0.478 e. The van der Waals surface area contributed by atoms with E-state index >= 15 is 0 Å². The average Bonchev–Trinajstić information content (AvgIpc) is 2.46. The summed E-state index contributed by atoms with van der Waals surface area (Å²) in [5, 5.41) is 8.64. The van der Waals surface area contributed by atoms with E-state index in [0.29, 0.717) is 12.2 Å². The van der Waals surface area contributed by atoms with Crippen molar-refractivity contribution in [3.63, 3.8) is 0 Å². The van der Waals surface area contributed by atoms with Crippen molar-refractivity contribution in [1.29, 1.82) is 0 Å². The van der Waals surface area contributed by atoms with Gasteiger partial charge in [0.1, 0.15) is 5.75 Å². The summed E-state index contributed by atoms with van der Waals surface area (Å²) < 4.78 is 5.13. The van der Waals surface area contributed by atoms with Crippen LogP contribution in [0.5, 0.6) is 5.75 Å². The van der Waals surface area contributed by atoms with Crippen LogP contribution < -0.4 is 4.74 Å². The molecule has 62 valence electrons. The lowest BCUT2D eigenvalue weighted by atomic mass is 10.2. The molecule has 4 heteroatoms. The summed E-state index contributed by atoms with van der Waals surface area (Å²) in [5.74, 6) is -0.288. The van der Waals surface area contributed by atoms with Gasteiger partial charge in [0.2, 0.25) is 0 Å². The highest BCUT2D eigenvalue weighted by Gasteiger charge is 2.28. The molecule has 1 N–H and O–H groups in total. The van der Waals surface area contributed by atoms with Crippen LogP contribution in [0.4, 0.5) is 0 Å². The summed E-state index contributed by atoms with van der Waals surface area (Å²) in [7, 11) is 0. The first-order valence-electron chi connectivity index (χ1n) is 3.60. The minimum atomic E-state index is -0.925. The van der Waals surface area contributed by atoms with Gasteiger partial charge in [0.25, 0.3) is 0 Å². The topological polar surface area (TPSA) is 59.4 Å². The Morgan fingerprint density at radius 1 is 1.75 bits per heavy atom. The second kappa shape index (κ2) is 2.48. The molecule has 0 aliphatic carbocycles. The smallest absolute Gasteiger partial charge is 0.345 e. The summed E-state index contributed by atoms with van der Waals surface area (Å²) >= 11 is 0. The molecule has 0 aromatic carbocycles. The molecule has 2 heterocycles. The van der Waals surface area contributed by atoms with Gasteiger partial charge in [-0.25, -0.2) is 4.79 Å². The lowest BCUT2D eigenvalue weighted by Crippen LogP contribution is -2.24. The Morgan fingerprint density at radius 2 is 2.58 bits per heavy atom. The Bertz CT molecular complexity index is 299. The molecule has 1 aliphatic heterocycles. The maximum atomic E-state index is 10.5. The van der Waals surface area contributed by atoms with Crippen LogP contribution in [-0.2, 0) is 11.2 Å². The number of aliphatic carboxylic acids is 1. The fourth-order valence-corrected chi connectivity index (χ4v) is 1.22. The SMILES string of the molecule is O=C(O)C1Cc2cnccc2O1. The van der Waals surface area contributed by atoms with Gasteiger partial charge in [-0.3, -0.25) is 4.98 Å². The van der Waals surface area contributed by atoms with Crippen molar-refractivity contribution in [3.05, 3.63) is 24.0 Å². The largest absolute Gasteiger partial charge is 0.478 e. The maximum absolute atomic E-state index is 10.5. The number of carbonyl (C=O) groups is 1.